The number of esters is 2. The first-order valence-corrected chi connectivity index (χ1v) is 15.8. The Hall–Kier alpha value is -5.23. The number of pyridine rings is 1. The molecule has 0 aliphatic carbocycles. The molecule has 262 valence electrons. The second kappa shape index (κ2) is 16.0. The molecule has 3 aromatic carbocycles. The van der Waals surface area contributed by atoms with Gasteiger partial charge in [-0.15, -0.1) is 0 Å². The summed E-state index contributed by atoms with van der Waals surface area (Å²) in [6.45, 7) is 6.45. The fourth-order valence-corrected chi connectivity index (χ4v) is 5.18. The highest BCUT2D eigenvalue weighted by atomic mass is 35.5. The van der Waals surface area contributed by atoms with Gasteiger partial charge in [-0.2, -0.15) is 13.2 Å². The molecule has 0 aliphatic rings. The number of alkyl halides is 3. The van der Waals surface area contributed by atoms with Crippen molar-refractivity contribution < 1.29 is 46.6 Å². The van der Waals surface area contributed by atoms with Crippen LogP contribution in [0.25, 0.3) is 11.3 Å². The molecule has 1 N–H and O–H groups in total. The fourth-order valence-electron chi connectivity index (χ4n) is 4.93. The van der Waals surface area contributed by atoms with E-state index in [0.717, 1.165) is 12.1 Å². The molecule has 1 heterocycles. The molecule has 1 aromatic heterocycles. The third kappa shape index (κ3) is 9.47. The molecule has 50 heavy (non-hydrogen) atoms. The van der Waals surface area contributed by atoms with E-state index in [1.165, 1.54) is 44.4 Å². The van der Waals surface area contributed by atoms with Gasteiger partial charge in [0.25, 0.3) is 5.91 Å². The lowest BCUT2D eigenvalue weighted by atomic mass is 10.0. The number of carbonyl (C=O) groups excluding carboxylic acids is 4. The number of rotatable bonds is 12. The first-order valence-electron chi connectivity index (χ1n) is 15.5. The number of Topliss-reactive ketones (excluding diaryl/α,β-unsaturated/α-hetero) is 1. The van der Waals surface area contributed by atoms with E-state index < -0.39 is 29.6 Å². The van der Waals surface area contributed by atoms with E-state index in [1.807, 2.05) is 0 Å². The number of ketones is 1. The first-order chi connectivity index (χ1) is 23.6. The Kier molecular flexibility index (Phi) is 12.0. The highest BCUT2D eigenvalue weighted by Gasteiger charge is 2.30. The average molecular weight is 711 g/mol. The van der Waals surface area contributed by atoms with Crippen LogP contribution in [0.2, 0.25) is 5.02 Å². The minimum Gasteiger partial charge on any atom is -0.493 e. The number of methoxy groups -OCH3 is 1. The van der Waals surface area contributed by atoms with Crippen molar-refractivity contribution in [2.24, 2.45) is 0 Å². The van der Waals surface area contributed by atoms with Crippen molar-refractivity contribution in [1.29, 1.82) is 0 Å². The van der Waals surface area contributed by atoms with Gasteiger partial charge in [-0.1, -0.05) is 29.8 Å². The molecule has 0 radical (unpaired) electrons. The summed E-state index contributed by atoms with van der Waals surface area (Å²) >= 11 is 6.30. The van der Waals surface area contributed by atoms with E-state index in [1.54, 1.807) is 45.0 Å². The van der Waals surface area contributed by atoms with Crippen LogP contribution in [0.3, 0.4) is 0 Å². The number of benzene rings is 3. The van der Waals surface area contributed by atoms with E-state index in [9.17, 15) is 32.3 Å². The number of nitrogens with one attached hydrogen (secondary N) is 1. The maximum atomic E-state index is 13.4. The maximum Gasteiger partial charge on any atom is 0.416 e. The van der Waals surface area contributed by atoms with Crippen LogP contribution in [-0.2, 0) is 22.1 Å². The number of hydrogen-bond donors (Lipinski definition) is 1. The van der Waals surface area contributed by atoms with Gasteiger partial charge in [0.15, 0.2) is 17.3 Å². The predicted molar refractivity (Wildman–Crippen MR) is 181 cm³/mol. The molecular formula is C37H34ClF3N2O7. The third-order valence-corrected chi connectivity index (χ3v) is 7.63. The van der Waals surface area contributed by atoms with Gasteiger partial charge < -0.3 is 19.5 Å². The zero-order valence-corrected chi connectivity index (χ0v) is 28.6. The summed E-state index contributed by atoms with van der Waals surface area (Å²) in [6, 6.07) is 15.0. The van der Waals surface area contributed by atoms with E-state index >= 15 is 0 Å². The number of aryl methyl sites for hydroxylation is 2. The van der Waals surface area contributed by atoms with Crippen LogP contribution < -0.4 is 14.8 Å². The van der Waals surface area contributed by atoms with Gasteiger partial charge in [0.05, 0.1) is 46.3 Å². The van der Waals surface area contributed by atoms with Crippen LogP contribution in [-0.4, -0.2) is 41.8 Å². The van der Waals surface area contributed by atoms with Gasteiger partial charge in [-0.3, -0.25) is 19.4 Å². The molecule has 0 unspecified atom stereocenters. The van der Waals surface area contributed by atoms with Crippen molar-refractivity contribution in [2.45, 2.75) is 59.2 Å². The van der Waals surface area contributed by atoms with E-state index in [0.29, 0.717) is 29.7 Å². The highest BCUT2D eigenvalue weighted by Crippen LogP contribution is 2.37. The van der Waals surface area contributed by atoms with Crippen molar-refractivity contribution in [1.82, 2.24) is 4.98 Å². The Morgan fingerprint density at radius 2 is 1.64 bits per heavy atom. The quantitative estimate of drug-likeness (QED) is 0.0881. The predicted octanol–water partition coefficient (Wildman–Crippen LogP) is 8.69. The number of carbonyl (C=O) groups is 4. The first kappa shape index (κ1) is 37.6. The van der Waals surface area contributed by atoms with Crippen LogP contribution in [0.1, 0.15) is 81.5 Å². The second-order valence-corrected chi connectivity index (χ2v) is 12.0. The number of halogens is 4. The molecule has 0 saturated carbocycles. The zero-order valence-electron chi connectivity index (χ0n) is 27.9. The van der Waals surface area contributed by atoms with Gasteiger partial charge in [0.1, 0.15) is 0 Å². The minimum absolute atomic E-state index is 0.00922. The monoisotopic (exact) mass is 710 g/mol. The molecule has 4 rings (SSSR count). The van der Waals surface area contributed by atoms with Crippen molar-refractivity contribution >= 4 is 40.9 Å². The molecule has 4 aromatic rings. The molecule has 9 nitrogen and oxygen atoms in total. The lowest BCUT2D eigenvalue weighted by Crippen LogP contribution is -2.16. The molecule has 0 aliphatic heterocycles. The standard InChI is InChI=1S/C37H34ClF3N2O7/c1-20(2)49-36(47)25-18-29(38)34(31(19-25)48-5)50-32(45)8-6-7-23-10-16-30(28(17-23)22(4)44)43-35(46)27-15-9-21(3)42-33(27)24-11-13-26(14-12-24)37(39,40)41/h9-20H,6-8H2,1-5H3,(H,43,46). The number of amides is 1. The molecule has 0 saturated heterocycles. The van der Waals surface area contributed by atoms with Gasteiger partial charge in [0.2, 0.25) is 0 Å². The summed E-state index contributed by atoms with van der Waals surface area (Å²) in [7, 11) is 1.34. The minimum atomic E-state index is -4.51. The lowest BCUT2D eigenvalue weighted by Gasteiger charge is -2.15. The summed E-state index contributed by atoms with van der Waals surface area (Å²) in [4.78, 5) is 55.4. The fraction of sp³-hybridized carbons (Fsp3) is 0.270. The summed E-state index contributed by atoms with van der Waals surface area (Å²) < 4.78 is 55.2. The molecule has 0 bridgehead atoms. The summed E-state index contributed by atoms with van der Waals surface area (Å²) in [5.41, 5.74) is 1.64. The Balaban J connectivity index is 1.44. The van der Waals surface area contributed by atoms with E-state index in [4.69, 9.17) is 25.8 Å². The molecule has 0 fully saturated rings. The smallest absolute Gasteiger partial charge is 0.416 e. The largest absolute Gasteiger partial charge is 0.493 e. The second-order valence-electron chi connectivity index (χ2n) is 11.6. The van der Waals surface area contributed by atoms with Gasteiger partial charge in [-0.05, 0) is 94.6 Å². The van der Waals surface area contributed by atoms with E-state index in [-0.39, 0.29) is 62.9 Å². The van der Waals surface area contributed by atoms with E-state index in [2.05, 4.69) is 10.3 Å². The van der Waals surface area contributed by atoms with Crippen LogP contribution in [0.15, 0.2) is 66.7 Å². The lowest BCUT2D eigenvalue weighted by molar-refractivity contribution is -0.137. The molecule has 1 amide bonds. The van der Waals surface area contributed by atoms with Crippen LogP contribution >= 0.6 is 11.6 Å². The molecule has 13 heteroatoms. The summed E-state index contributed by atoms with van der Waals surface area (Å²) in [6.07, 6.45) is -4.16. The SMILES string of the molecule is COc1cc(C(=O)OC(C)C)cc(Cl)c1OC(=O)CCCc1ccc(NC(=O)c2ccc(C)nc2-c2ccc(C(F)(F)F)cc2)c(C(C)=O)c1. The number of ether oxygens (including phenoxy) is 3. The highest BCUT2D eigenvalue weighted by molar-refractivity contribution is 6.32. The number of aromatic nitrogens is 1. The number of hydrogen-bond acceptors (Lipinski definition) is 8. The van der Waals surface area contributed by atoms with Crippen molar-refractivity contribution in [2.75, 3.05) is 12.4 Å². The van der Waals surface area contributed by atoms with Gasteiger partial charge in [0, 0.05) is 23.2 Å². The average Bonchev–Trinajstić information content (AvgIpc) is 3.05. The summed E-state index contributed by atoms with van der Waals surface area (Å²) in [5.74, 6) is -2.10. The van der Waals surface area contributed by atoms with Crippen LogP contribution in [0.4, 0.5) is 18.9 Å². The van der Waals surface area contributed by atoms with Crippen LogP contribution in [0.5, 0.6) is 11.5 Å². The third-order valence-electron chi connectivity index (χ3n) is 7.35. The van der Waals surface area contributed by atoms with Gasteiger partial charge >= 0.3 is 18.1 Å². The van der Waals surface area contributed by atoms with Crippen molar-refractivity contribution in [3.05, 3.63) is 105 Å². The molecule has 0 atom stereocenters. The Bertz CT molecular complexity index is 1930. The summed E-state index contributed by atoms with van der Waals surface area (Å²) in [5, 5.41) is 2.72. The topological polar surface area (TPSA) is 121 Å². The Labute approximate surface area is 291 Å². The van der Waals surface area contributed by atoms with Crippen LogP contribution in [0, 0.1) is 6.92 Å². The number of anilines is 1. The zero-order chi connectivity index (χ0) is 36.7. The van der Waals surface area contributed by atoms with Crippen molar-refractivity contribution in [3.8, 4) is 22.8 Å². The molecule has 0 spiro atoms. The van der Waals surface area contributed by atoms with Crippen molar-refractivity contribution in [3.63, 3.8) is 0 Å². The van der Waals surface area contributed by atoms with Gasteiger partial charge in [-0.25, -0.2) is 4.79 Å². The number of nitrogens with zero attached hydrogens (tertiary/aromatic N) is 1. The Morgan fingerprint density at radius 1 is 0.940 bits per heavy atom. The Morgan fingerprint density at radius 3 is 2.26 bits per heavy atom. The normalized spacial score (nSPS) is 11.2. The maximum absolute atomic E-state index is 13.4. The molecular weight excluding hydrogens is 677 g/mol.